The Hall–Kier alpha value is -1.26. The minimum atomic E-state index is -0.929. The molecule has 0 aromatic carbocycles. The number of hydrogen-bond donors (Lipinski definition) is 2. The van der Waals surface area contributed by atoms with E-state index in [9.17, 15) is 4.79 Å². The zero-order valence-electron chi connectivity index (χ0n) is 17.9. The van der Waals surface area contributed by atoms with Crippen LogP contribution in [0, 0.1) is 0 Å². The van der Waals surface area contributed by atoms with Gasteiger partial charge >= 0.3 is 5.97 Å². The highest BCUT2D eigenvalue weighted by Gasteiger charge is 2.09. The molecule has 3 N–H and O–H groups in total. The Bertz CT molecular complexity index is 555. The van der Waals surface area contributed by atoms with Gasteiger partial charge in [0.25, 0.3) is 0 Å². The first kappa shape index (κ1) is 25.7. The summed E-state index contributed by atoms with van der Waals surface area (Å²) in [5.74, 6) is 0.355. The van der Waals surface area contributed by atoms with Crippen LogP contribution < -0.4 is 5.73 Å². The second-order valence-electron chi connectivity index (χ2n) is 7.53. The first-order valence-corrected chi connectivity index (χ1v) is 11.0. The third kappa shape index (κ3) is 16.6. The van der Waals surface area contributed by atoms with E-state index in [2.05, 4.69) is 58.9 Å². The Morgan fingerprint density at radius 3 is 1.74 bits per heavy atom. The van der Waals surface area contributed by atoms with Crippen molar-refractivity contribution < 1.29 is 9.90 Å². The molecule has 3 nitrogen and oxygen atoms in total. The Morgan fingerprint density at radius 2 is 1.30 bits per heavy atom. The molecule has 4 heteroatoms. The standard InChI is InChI=1S/C23H39NO2S/c1-18(2)9-6-10-19(3)11-7-12-20(4)13-8-14-21(5)15-16-27-17-22(24)23(25)26/h9,11,13,15,22H,6-8,10,12,14,16-17,24H2,1-5H3,(H,25,26)/b19-11+,20-13+,21-15+. The summed E-state index contributed by atoms with van der Waals surface area (Å²) in [6.45, 7) is 10.9. The van der Waals surface area contributed by atoms with E-state index in [1.54, 1.807) is 11.8 Å². The number of allylic oxidation sites excluding steroid dienone is 7. The van der Waals surface area contributed by atoms with Crippen molar-refractivity contribution in [1.29, 1.82) is 0 Å². The molecule has 0 radical (unpaired) electrons. The van der Waals surface area contributed by atoms with Crippen molar-refractivity contribution in [1.82, 2.24) is 0 Å². The van der Waals surface area contributed by atoms with E-state index < -0.39 is 12.0 Å². The minimum Gasteiger partial charge on any atom is -0.480 e. The van der Waals surface area contributed by atoms with Gasteiger partial charge in [-0.2, -0.15) is 11.8 Å². The van der Waals surface area contributed by atoms with Gasteiger partial charge in [-0.05, 0) is 73.1 Å². The largest absolute Gasteiger partial charge is 0.480 e. The summed E-state index contributed by atoms with van der Waals surface area (Å²) in [6, 6.07) is -0.765. The molecule has 0 saturated heterocycles. The number of carboxylic acid groups (broad SMARTS) is 1. The molecular formula is C23H39NO2S. The van der Waals surface area contributed by atoms with Crippen LogP contribution in [0.4, 0.5) is 0 Å². The van der Waals surface area contributed by atoms with Gasteiger partial charge < -0.3 is 10.8 Å². The number of rotatable bonds is 14. The molecule has 0 amide bonds. The average molecular weight is 394 g/mol. The summed E-state index contributed by atoms with van der Waals surface area (Å²) in [4.78, 5) is 10.6. The molecule has 0 bridgehead atoms. The van der Waals surface area contributed by atoms with Crippen LogP contribution in [0.3, 0.4) is 0 Å². The smallest absolute Gasteiger partial charge is 0.321 e. The van der Waals surface area contributed by atoms with Crippen molar-refractivity contribution in [2.45, 2.75) is 79.2 Å². The SMILES string of the molecule is CC(C)=CCC/C(C)=C/CC/C(C)=C/CC/C(C)=C/CSCC(N)C(=O)O. The quantitative estimate of drug-likeness (QED) is 0.269. The summed E-state index contributed by atoms with van der Waals surface area (Å²) in [5.41, 5.74) is 11.2. The fourth-order valence-corrected chi connectivity index (χ4v) is 3.39. The van der Waals surface area contributed by atoms with Gasteiger partial charge in [-0.3, -0.25) is 4.79 Å². The van der Waals surface area contributed by atoms with E-state index in [4.69, 9.17) is 10.8 Å². The number of thioether (sulfide) groups is 1. The monoisotopic (exact) mass is 393 g/mol. The zero-order valence-corrected chi connectivity index (χ0v) is 18.7. The fraction of sp³-hybridized carbons (Fsp3) is 0.609. The van der Waals surface area contributed by atoms with Crippen LogP contribution in [0.15, 0.2) is 46.6 Å². The van der Waals surface area contributed by atoms with Crippen LogP contribution in [0.5, 0.6) is 0 Å². The van der Waals surface area contributed by atoms with Crippen LogP contribution >= 0.6 is 11.8 Å². The molecule has 27 heavy (non-hydrogen) atoms. The molecule has 1 unspecified atom stereocenters. The molecule has 0 aromatic heterocycles. The van der Waals surface area contributed by atoms with E-state index in [1.807, 2.05) is 0 Å². The molecule has 0 aliphatic carbocycles. The summed E-state index contributed by atoms with van der Waals surface area (Å²) in [6.07, 6.45) is 15.9. The summed E-state index contributed by atoms with van der Waals surface area (Å²) >= 11 is 1.57. The highest BCUT2D eigenvalue weighted by molar-refractivity contribution is 7.99. The first-order valence-electron chi connectivity index (χ1n) is 9.88. The van der Waals surface area contributed by atoms with Crippen LogP contribution in [0.2, 0.25) is 0 Å². The molecule has 1 atom stereocenters. The highest BCUT2D eigenvalue weighted by atomic mass is 32.2. The minimum absolute atomic E-state index is 0.458. The van der Waals surface area contributed by atoms with Crippen molar-refractivity contribution in [3.63, 3.8) is 0 Å². The van der Waals surface area contributed by atoms with E-state index in [1.165, 1.54) is 22.3 Å². The van der Waals surface area contributed by atoms with Crippen molar-refractivity contribution in [2.24, 2.45) is 5.73 Å². The van der Waals surface area contributed by atoms with Crippen molar-refractivity contribution in [2.75, 3.05) is 11.5 Å². The highest BCUT2D eigenvalue weighted by Crippen LogP contribution is 2.14. The van der Waals surface area contributed by atoms with E-state index in [-0.39, 0.29) is 0 Å². The topological polar surface area (TPSA) is 63.3 Å². The lowest BCUT2D eigenvalue weighted by atomic mass is 10.0. The van der Waals surface area contributed by atoms with Gasteiger partial charge in [-0.25, -0.2) is 0 Å². The van der Waals surface area contributed by atoms with Gasteiger partial charge in [-0.1, -0.05) is 46.6 Å². The van der Waals surface area contributed by atoms with Gasteiger partial charge in [0, 0.05) is 11.5 Å². The Balaban J connectivity index is 3.98. The third-order valence-electron chi connectivity index (χ3n) is 4.32. The molecule has 0 saturated carbocycles. The predicted octanol–water partition coefficient (Wildman–Crippen LogP) is 6.28. The van der Waals surface area contributed by atoms with Crippen molar-refractivity contribution in [3.05, 3.63) is 46.6 Å². The molecule has 0 rings (SSSR count). The number of hydrogen-bond acceptors (Lipinski definition) is 3. The lowest BCUT2D eigenvalue weighted by molar-refractivity contribution is -0.137. The maximum Gasteiger partial charge on any atom is 0.321 e. The second-order valence-corrected chi connectivity index (χ2v) is 8.61. The van der Waals surface area contributed by atoms with Crippen molar-refractivity contribution in [3.8, 4) is 0 Å². The maximum absolute atomic E-state index is 10.6. The molecule has 0 heterocycles. The second kappa shape index (κ2) is 15.8. The number of carbonyl (C=O) groups is 1. The van der Waals surface area contributed by atoms with Crippen LogP contribution in [0.25, 0.3) is 0 Å². The number of aliphatic carboxylic acids is 1. The van der Waals surface area contributed by atoms with Gasteiger partial charge in [0.05, 0.1) is 0 Å². The van der Waals surface area contributed by atoms with Gasteiger partial charge in [-0.15, -0.1) is 0 Å². The van der Waals surface area contributed by atoms with Gasteiger partial charge in [0.1, 0.15) is 6.04 Å². The zero-order chi connectivity index (χ0) is 20.7. The van der Waals surface area contributed by atoms with Gasteiger partial charge in [0.15, 0.2) is 0 Å². The van der Waals surface area contributed by atoms with E-state index in [0.29, 0.717) is 5.75 Å². The molecule has 154 valence electrons. The molecule has 0 aliphatic rings. The summed E-state index contributed by atoms with van der Waals surface area (Å²) in [7, 11) is 0. The maximum atomic E-state index is 10.6. The van der Waals surface area contributed by atoms with Crippen LogP contribution in [-0.2, 0) is 4.79 Å². The summed E-state index contributed by atoms with van der Waals surface area (Å²) in [5, 5.41) is 8.74. The Morgan fingerprint density at radius 1 is 0.852 bits per heavy atom. The Kier molecular flexibility index (Phi) is 15.0. The molecular weight excluding hydrogens is 354 g/mol. The molecule has 0 spiro atoms. The van der Waals surface area contributed by atoms with Crippen molar-refractivity contribution >= 4 is 17.7 Å². The Labute approximate surface area is 170 Å². The van der Waals surface area contributed by atoms with Crippen LogP contribution in [-0.4, -0.2) is 28.6 Å². The third-order valence-corrected chi connectivity index (χ3v) is 5.32. The van der Waals surface area contributed by atoms with Crippen LogP contribution in [0.1, 0.15) is 73.1 Å². The average Bonchev–Trinajstić information content (AvgIpc) is 2.58. The molecule has 0 aromatic rings. The van der Waals surface area contributed by atoms with Gasteiger partial charge in [0.2, 0.25) is 0 Å². The lowest BCUT2D eigenvalue weighted by Gasteiger charge is -2.05. The molecule has 0 aliphatic heterocycles. The molecule has 0 fully saturated rings. The van der Waals surface area contributed by atoms with E-state index >= 15 is 0 Å². The predicted molar refractivity (Wildman–Crippen MR) is 121 cm³/mol. The fourth-order valence-electron chi connectivity index (χ4n) is 2.45. The first-order chi connectivity index (χ1) is 12.7. The number of nitrogens with two attached hydrogens (primary N) is 1. The summed E-state index contributed by atoms with van der Waals surface area (Å²) < 4.78 is 0. The normalized spacial score (nSPS) is 14.2. The lowest BCUT2D eigenvalue weighted by Crippen LogP contribution is -2.32. The van der Waals surface area contributed by atoms with E-state index in [0.717, 1.165) is 44.3 Å². The number of carboxylic acids is 1.